The molecule has 0 saturated carbocycles. The quantitative estimate of drug-likeness (QED) is 0.696. The van der Waals surface area contributed by atoms with Crippen LogP contribution in [0.3, 0.4) is 0 Å². The van der Waals surface area contributed by atoms with E-state index in [4.69, 9.17) is 11.6 Å². The van der Waals surface area contributed by atoms with Crippen LogP contribution in [0.2, 0.25) is 5.15 Å². The van der Waals surface area contributed by atoms with Gasteiger partial charge in [0.25, 0.3) is 0 Å². The monoisotopic (exact) mass is 324 g/mol. The molecule has 0 aliphatic carbocycles. The van der Waals surface area contributed by atoms with Gasteiger partial charge >= 0.3 is 0 Å². The SMILES string of the molecule is Cl.Clc1ccc2ncc3nnn(C4CCNCC4)c3c2n1. The van der Waals surface area contributed by atoms with Gasteiger partial charge in [-0.15, -0.1) is 17.5 Å². The molecule has 0 atom stereocenters. The van der Waals surface area contributed by atoms with Crippen molar-refractivity contribution in [3.63, 3.8) is 0 Å². The summed E-state index contributed by atoms with van der Waals surface area (Å²) in [6.07, 6.45) is 3.84. The first kappa shape index (κ1) is 14.4. The van der Waals surface area contributed by atoms with Gasteiger partial charge < -0.3 is 5.32 Å². The van der Waals surface area contributed by atoms with Crippen LogP contribution >= 0.6 is 24.0 Å². The first-order valence-electron chi connectivity index (χ1n) is 6.70. The average Bonchev–Trinajstić information content (AvgIpc) is 2.92. The molecule has 0 aromatic carbocycles. The van der Waals surface area contributed by atoms with Crippen molar-refractivity contribution in [2.45, 2.75) is 18.9 Å². The second kappa shape index (κ2) is 5.71. The number of hydrogen-bond acceptors (Lipinski definition) is 5. The van der Waals surface area contributed by atoms with Crippen LogP contribution in [0.5, 0.6) is 0 Å². The molecule has 3 aromatic heterocycles. The fourth-order valence-electron chi connectivity index (χ4n) is 2.77. The third-order valence-electron chi connectivity index (χ3n) is 3.77. The van der Waals surface area contributed by atoms with Crippen LogP contribution in [-0.2, 0) is 0 Å². The zero-order chi connectivity index (χ0) is 13.5. The molecule has 21 heavy (non-hydrogen) atoms. The average molecular weight is 325 g/mol. The molecule has 1 aliphatic heterocycles. The third kappa shape index (κ3) is 2.43. The van der Waals surface area contributed by atoms with E-state index in [9.17, 15) is 0 Å². The maximum atomic E-state index is 6.03. The van der Waals surface area contributed by atoms with Gasteiger partial charge in [0.2, 0.25) is 0 Å². The Labute approximate surface area is 132 Å². The van der Waals surface area contributed by atoms with Crippen molar-refractivity contribution in [1.29, 1.82) is 0 Å². The summed E-state index contributed by atoms with van der Waals surface area (Å²) >= 11 is 6.03. The van der Waals surface area contributed by atoms with Crippen LogP contribution in [0.25, 0.3) is 22.1 Å². The van der Waals surface area contributed by atoms with Crippen LogP contribution < -0.4 is 5.32 Å². The largest absolute Gasteiger partial charge is 0.317 e. The molecule has 4 rings (SSSR count). The number of aromatic nitrogens is 5. The number of nitrogens with zero attached hydrogens (tertiary/aromatic N) is 5. The lowest BCUT2D eigenvalue weighted by molar-refractivity contribution is 0.345. The number of pyridine rings is 2. The predicted molar refractivity (Wildman–Crippen MR) is 84.0 cm³/mol. The summed E-state index contributed by atoms with van der Waals surface area (Å²) in [5, 5.41) is 12.4. The Morgan fingerprint density at radius 2 is 2.00 bits per heavy atom. The smallest absolute Gasteiger partial charge is 0.133 e. The summed E-state index contributed by atoms with van der Waals surface area (Å²) in [5.74, 6) is 0. The van der Waals surface area contributed by atoms with Gasteiger partial charge in [-0.25, -0.2) is 9.67 Å². The highest BCUT2D eigenvalue weighted by atomic mass is 35.5. The lowest BCUT2D eigenvalue weighted by Crippen LogP contribution is -2.29. The lowest BCUT2D eigenvalue weighted by atomic mass is 10.1. The molecule has 0 amide bonds. The van der Waals surface area contributed by atoms with Crippen LogP contribution in [0.15, 0.2) is 18.3 Å². The van der Waals surface area contributed by atoms with E-state index in [0.29, 0.717) is 11.2 Å². The van der Waals surface area contributed by atoms with Crippen LogP contribution in [0.4, 0.5) is 0 Å². The van der Waals surface area contributed by atoms with E-state index >= 15 is 0 Å². The lowest BCUT2D eigenvalue weighted by Gasteiger charge is -2.23. The molecule has 4 heterocycles. The summed E-state index contributed by atoms with van der Waals surface area (Å²) in [7, 11) is 0. The molecule has 0 spiro atoms. The molecule has 1 fully saturated rings. The predicted octanol–water partition coefficient (Wildman–Crippen LogP) is 2.37. The van der Waals surface area contributed by atoms with Crippen molar-refractivity contribution in [1.82, 2.24) is 30.3 Å². The minimum atomic E-state index is 0. The Kier molecular flexibility index (Phi) is 3.93. The highest BCUT2D eigenvalue weighted by molar-refractivity contribution is 6.30. The number of rotatable bonds is 1. The molecule has 6 nitrogen and oxygen atoms in total. The molecule has 1 N–H and O–H groups in total. The van der Waals surface area contributed by atoms with Crippen molar-refractivity contribution in [2.24, 2.45) is 0 Å². The highest BCUT2D eigenvalue weighted by Crippen LogP contribution is 2.27. The van der Waals surface area contributed by atoms with E-state index in [1.807, 2.05) is 10.7 Å². The first-order chi connectivity index (χ1) is 9.83. The van der Waals surface area contributed by atoms with Gasteiger partial charge in [-0.2, -0.15) is 0 Å². The maximum absolute atomic E-state index is 6.03. The van der Waals surface area contributed by atoms with Gasteiger partial charge in [0.1, 0.15) is 21.7 Å². The Hall–Kier alpha value is -1.50. The van der Waals surface area contributed by atoms with E-state index in [-0.39, 0.29) is 12.4 Å². The molecular weight excluding hydrogens is 311 g/mol. The Morgan fingerprint density at radius 1 is 1.19 bits per heavy atom. The van der Waals surface area contributed by atoms with E-state index in [1.54, 1.807) is 12.3 Å². The zero-order valence-electron chi connectivity index (χ0n) is 11.2. The summed E-state index contributed by atoms with van der Waals surface area (Å²) in [6, 6.07) is 3.98. The number of fused-ring (bicyclic) bond motifs is 3. The molecule has 1 aliphatic rings. The standard InChI is InChI=1S/C13H13ClN6.ClH/c14-11-2-1-9-12(17-11)13-10(7-16-9)18-19-20(13)8-3-5-15-6-4-8;/h1-2,7-8,15H,3-6H2;1H. The van der Waals surface area contributed by atoms with Gasteiger partial charge in [-0.1, -0.05) is 16.8 Å². The highest BCUT2D eigenvalue weighted by Gasteiger charge is 2.20. The number of hydrogen-bond donors (Lipinski definition) is 1. The van der Waals surface area contributed by atoms with Gasteiger partial charge in [-0.3, -0.25) is 4.98 Å². The van der Waals surface area contributed by atoms with E-state index in [2.05, 4.69) is 25.6 Å². The van der Waals surface area contributed by atoms with Crippen molar-refractivity contribution < 1.29 is 0 Å². The van der Waals surface area contributed by atoms with Crippen molar-refractivity contribution in [3.05, 3.63) is 23.5 Å². The molecule has 0 unspecified atom stereocenters. The molecule has 1 saturated heterocycles. The van der Waals surface area contributed by atoms with Crippen molar-refractivity contribution >= 4 is 46.1 Å². The topological polar surface area (TPSA) is 68.5 Å². The van der Waals surface area contributed by atoms with E-state index in [0.717, 1.165) is 48.0 Å². The Morgan fingerprint density at radius 3 is 2.81 bits per heavy atom. The summed E-state index contributed by atoms with van der Waals surface area (Å²) in [6.45, 7) is 2.01. The molecule has 0 radical (unpaired) electrons. The molecule has 3 aromatic rings. The van der Waals surface area contributed by atoms with E-state index < -0.39 is 0 Å². The van der Waals surface area contributed by atoms with Gasteiger partial charge in [0, 0.05) is 0 Å². The van der Waals surface area contributed by atoms with E-state index in [1.165, 1.54) is 0 Å². The Balaban J connectivity index is 0.00000132. The van der Waals surface area contributed by atoms with Crippen LogP contribution in [0, 0.1) is 0 Å². The van der Waals surface area contributed by atoms with Crippen LogP contribution in [-0.4, -0.2) is 38.1 Å². The molecule has 110 valence electrons. The molecule has 8 heteroatoms. The summed E-state index contributed by atoms with van der Waals surface area (Å²) in [4.78, 5) is 8.78. The van der Waals surface area contributed by atoms with Gasteiger partial charge in [0.05, 0.1) is 17.8 Å². The second-order valence-electron chi connectivity index (χ2n) is 5.01. The maximum Gasteiger partial charge on any atom is 0.133 e. The molecular formula is C13H14Cl2N6. The van der Waals surface area contributed by atoms with Gasteiger partial charge in [-0.05, 0) is 38.1 Å². The van der Waals surface area contributed by atoms with Crippen LogP contribution in [0.1, 0.15) is 18.9 Å². The minimum absolute atomic E-state index is 0. The molecule has 0 bridgehead atoms. The Bertz CT molecular complexity index is 781. The minimum Gasteiger partial charge on any atom is -0.317 e. The van der Waals surface area contributed by atoms with Gasteiger partial charge in [0.15, 0.2) is 0 Å². The third-order valence-corrected chi connectivity index (χ3v) is 3.98. The normalized spacial score (nSPS) is 16.2. The number of piperidine rings is 1. The first-order valence-corrected chi connectivity index (χ1v) is 7.07. The summed E-state index contributed by atoms with van der Waals surface area (Å²) in [5.41, 5.74) is 3.30. The number of nitrogens with one attached hydrogen (secondary N) is 1. The zero-order valence-corrected chi connectivity index (χ0v) is 12.7. The fraction of sp³-hybridized carbons (Fsp3) is 0.385. The number of halogens is 2. The van der Waals surface area contributed by atoms with Crippen molar-refractivity contribution in [3.8, 4) is 0 Å². The summed E-state index contributed by atoms with van der Waals surface area (Å²) < 4.78 is 1.99. The van der Waals surface area contributed by atoms with Crippen molar-refractivity contribution in [2.75, 3.05) is 13.1 Å². The second-order valence-corrected chi connectivity index (χ2v) is 5.40. The fourth-order valence-corrected chi connectivity index (χ4v) is 2.91.